The lowest BCUT2D eigenvalue weighted by Crippen LogP contribution is -2.25. The topological polar surface area (TPSA) is 29.3 Å². The second-order valence-electron chi connectivity index (χ2n) is 4.08. The van der Waals surface area contributed by atoms with Gasteiger partial charge in [0.05, 0.1) is 5.69 Å². The third-order valence-corrected chi connectivity index (χ3v) is 2.44. The molecule has 1 aromatic rings. The summed E-state index contributed by atoms with van der Waals surface area (Å²) in [5.41, 5.74) is 3.57. The van der Waals surface area contributed by atoms with E-state index in [1.807, 2.05) is 20.0 Å². The van der Waals surface area contributed by atoms with Crippen LogP contribution in [0.15, 0.2) is 24.3 Å². The molecule has 1 aromatic carbocycles. The zero-order valence-electron chi connectivity index (χ0n) is 9.99. The first-order valence-electron chi connectivity index (χ1n) is 5.31. The van der Waals surface area contributed by atoms with E-state index in [1.54, 1.807) is 5.01 Å². The summed E-state index contributed by atoms with van der Waals surface area (Å²) in [4.78, 5) is 0. The summed E-state index contributed by atoms with van der Waals surface area (Å²) >= 11 is 0. The Morgan fingerprint density at radius 2 is 2.00 bits per heavy atom. The summed E-state index contributed by atoms with van der Waals surface area (Å²) in [7, 11) is 1.86. The molecule has 2 N–H and O–H groups in total. The van der Waals surface area contributed by atoms with Crippen LogP contribution in [0.25, 0.3) is 6.08 Å². The standard InChI is InChI=1S/C13H20N2/c1-5-6-12-9-11(10(2)3)7-8-13(12)15(4)14/h5-10H,14H2,1-4H3/b6-5-. The Hall–Kier alpha value is -1.28. The molecule has 0 radical (unpaired) electrons. The number of hydrazine groups is 1. The molecule has 0 unspecified atom stereocenters. The van der Waals surface area contributed by atoms with Crippen molar-refractivity contribution in [3.8, 4) is 0 Å². The molecule has 1 rings (SSSR count). The van der Waals surface area contributed by atoms with Gasteiger partial charge in [0, 0.05) is 7.05 Å². The molecule has 15 heavy (non-hydrogen) atoms. The Bertz CT molecular complexity index is 352. The Labute approximate surface area is 92.4 Å². The number of anilines is 1. The predicted octanol–water partition coefficient (Wildman–Crippen LogP) is 3.15. The molecular formula is C13H20N2. The Morgan fingerprint density at radius 1 is 1.33 bits per heavy atom. The van der Waals surface area contributed by atoms with Crippen molar-refractivity contribution < 1.29 is 0 Å². The number of hydrogen-bond donors (Lipinski definition) is 1. The third-order valence-electron chi connectivity index (χ3n) is 2.44. The van der Waals surface area contributed by atoms with E-state index >= 15 is 0 Å². The number of rotatable bonds is 3. The van der Waals surface area contributed by atoms with E-state index in [9.17, 15) is 0 Å². The van der Waals surface area contributed by atoms with E-state index in [0.717, 1.165) is 5.69 Å². The Kier molecular flexibility index (Phi) is 3.92. The lowest BCUT2D eigenvalue weighted by Gasteiger charge is -2.17. The second kappa shape index (κ2) is 4.99. The van der Waals surface area contributed by atoms with Crippen LogP contribution in [-0.4, -0.2) is 7.05 Å². The summed E-state index contributed by atoms with van der Waals surface area (Å²) in [6.45, 7) is 6.41. The number of allylic oxidation sites excluding steroid dienone is 1. The fourth-order valence-corrected chi connectivity index (χ4v) is 1.57. The molecule has 0 amide bonds. The normalized spacial score (nSPS) is 11.3. The zero-order valence-corrected chi connectivity index (χ0v) is 9.99. The molecule has 0 saturated carbocycles. The molecule has 0 spiro atoms. The van der Waals surface area contributed by atoms with Gasteiger partial charge in [-0.1, -0.05) is 32.1 Å². The van der Waals surface area contributed by atoms with E-state index in [-0.39, 0.29) is 0 Å². The highest BCUT2D eigenvalue weighted by Gasteiger charge is 2.05. The lowest BCUT2D eigenvalue weighted by atomic mass is 9.99. The Balaban J connectivity index is 3.20. The number of benzene rings is 1. The first-order chi connectivity index (χ1) is 7.06. The summed E-state index contributed by atoms with van der Waals surface area (Å²) < 4.78 is 0. The summed E-state index contributed by atoms with van der Waals surface area (Å²) in [5.74, 6) is 6.32. The maximum Gasteiger partial charge on any atom is 0.0586 e. The van der Waals surface area contributed by atoms with Crippen molar-refractivity contribution in [2.45, 2.75) is 26.7 Å². The van der Waals surface area contributed by atoms with E-state index in [0.29, 0.717) is 5.92 Å². The molecule has 82 valence electrons. The van der Waals surface area contributed by atoms with Gasteiger partial charge < -0.3 is 5.01 Å². The first-order valence-corrected chi connectivity index (χ1v) is 5.31. The maximum absolute atomic E-state index is 5.77. The van der Waals surface area contributed by atoms with Gasteiger partial charge in [0.25, 0.3) is 0 Å². The highest BCUT2D eigenvalue weighted by Crippen LogP contribution is 2.24. The zero-order chi connectivity index (χ0) is 11.4. The summed E-state index contributed by atoms with van der Waals surface area (Å²) in [6, 6.07) is 6.41. The third kappa shape index (κ3) is 2.83. The number of nitrogens with zero attached hydrogens (tertiary/aromatic N) is 1. The quantitative estimate of drug-likeness (QED) is 0.605. The van der Waals surface area contributed by atoms with E-state index in [4.69, 9.17) is 5.84 Å². The van der Waals surface area contributed by atoms with Crippen LogP contribution in [0.3, 0.4) is 0 Å². The highest BCUT2D eigenvalue weighted by atomic mass is 15.4. The molecule has 0 bridgehead atoms. The van der Waals surface area contributed by atoms with Crippen LogP contribution in [0, 0.1) is 0 Å². The van der Waals surface area contributed by atoms with Gasteiger partial charge in [-0.2, -0.15) is 0 Å². The average Bonchev–Trinajstić information content (AvgIpc) is 2.17. The minimum atomic E-state index is 0.547. The van der Waals surface area contributed by atoms with Crippen LogP contribution in [0.1, 0.15) is 37.8 Å². The van der Waals surface area contributed by atoms with Crippen molar-refractivity contribution in [1.29, 1.82) is 0 Å². The fourth-order valence-electron chi connectivity index (χ4n) is 1.57. The van der Waals surface area contributed by atoms with Gasteiger partial charge in [-0.05, 0) is 36.1 Å². The fraction of sp³-hybridized carbons (Fsp3) is 0.385. The average molecular weight is 204 g/mol. The number of nitrogens with two attached hydrogens (primary N) is 1. The molecule has 0 aromatic heterocycles. The molecule has 0 aliphatic rings. The monoisotopic (exact) mass is 204 g/mol. The molecule has 0 atom stereocenters. The van der Waals surface area contributed by atoms with Crippen LogP contribution in [-0.2, 0) is 0 Å². The van der Waals surface area contributed by atoms with Crippen LogP contribution >= 0.6 is 0 Å². The molecule has 0 aliphatic heterocycles. The van der Waals surface area contributed by atoms with Gasteiger partial charge in [-0.15, -0.1) is 0 Å². The van der Waals surface area contributed by atoms with Crippen molar-refractivity contribution >= 4 is 11.8 Å². The van der Waals surface area contributed by atoms with Crippen molar-refractivity contribution in [2.24, 2.45) is 5.84 Å². The smallest absolute Gasteiger partial charge is 0.0586 e. The van der Waals surface area contributed by atoms with Gasteiger partial charge >= 0.3 is 0 Å². The highest BCUT2D eigenvalue weighted by molar-refractivity contribution is 5.67. The molecule has 2 heteroatoms. The van der Waals surface area contributed by atoms with E-state index in [2.05, 4.69) is 38.1 Å². The van der Waals surface area contributed by atoms with Crippen LogP contribution in [0.2, 0.25) is 0 Å². The summed E-state index contributed by atoms with van der Waals surface area (Å²) in [5, 5.41) is 1.65. The lowest BCUT2D eigenvalue weighted by molar-refractivity contribution is 0.865. The van der Waals surface area contributed by atoms with Crippen molar-refractivity contribution in [2.75, 3.05) is 12.1 Å². The summed E-state index contributed by atoms with van der Waals surface area (Å²) in [6.07, 6.45) is 4.12. The second-order valence-corrected chi connectivity index (χ2v) is 4.08. The predicted molar refractivity (Wildman–Crippen MR) is 67.8 cm³/mol. The van der Waals surface area contributed by atoms with Crippen LogP contribution in [0.5, 0.6) is 0 Å². The van der Waals surface area contributed by atoms with Crippen molar-refractivity contribution in [1.82, 2.24) is 0 Å². The minimum absolute atomic E-state index is 0.547. The first kappa shape index (κ1) is 11.8. The van der Waals surface area contributed by atoms with Crippen LogP contribution in [0.4, 0.5) is 5.69 Å². The number of hydrogen-bond acceptors (Lipinski definition) is 2. The van der Waals surface area contributed by atoms with Gasteiger partial charge in [0.15, 0.2) is 0 Å². The maximum atomic E-state index is 5.77. The minimum Gasteiger partial charge on any atom is -0.314 e. The van der Waals surface area contributed by atoms with Gasteiger partial charge in [-0.25, -0.2) is 5.84 Å². The molecular weight excluding hydrogens is 184 g/mol. The van der Waals surface area contributed by atoms with E-state index in [1.165, 1.54) is 11.1 Å². The van der Waals surface area contributed by atoms with Crippen molar-refractivity contribution in [3.63, 3.8) is 0 Å². The SMILES string of the molecule is C/C=C\c1cc(C(C)C)ccc1N(C)N. The van der Waals surface area contributed by atoms with E-state index < -0.39 is 0 Å². The molecule has 0 fully saturated rings. The van der Waals surface area contributed by atoms with Crippen molar-refractivity contribution in [3.05, 3.63) is 35.4 Å². The van der Waals surface area contributed by atoms with Gasteiger partial charge in [0.1, 0.15) is 0 Å². The molecule has 0 saturated heterocycles. The molecule has 2 nitrogen and oxygen atoms in total. The molecule has 0 aliphatic carbocycles. The van der Waals surface area contributed by atoms with Gasteiger partial charge in [0.2, 0.25) is 0 Å². The largest absolute Gasteiger partial charge is 0.314 e. The van der Waals surface area contributed by atoms with Gasteiger partial charge in [-0.3, -0.25) is 0 Å². The van der Waals surface area contributed by atoms with Crippen LogP contribution < -0.4 is 10.9 Å². The molecule has 0 heterocycles. The Morgan fingerprint density at radius 3 is 2.47 bits per heavy atom.